The number of hydrogen-bond acceptors (Lipinski definition) is 6. The van der Waals surface area contributed by atoms with Crippen molar-refractivity contribution in [2.45, 2.75) is 6.42 Å². The normalized spacial score (nSPS) is 15.0. The molecule has 0 atom stereocenters. The van der Waals surface area contributed by atoms with Gasteiger partial charge in [0.1, 0.15) is 0 Å². The maximum absolute atomic E-state index is 13.5. The summed E-state index contributed by atoms with van der Waals surface area (Å²) in [5.74, 6) is -3.06. The Morgan fingerprint density at radius 3 is 2.55 bits per heavy atom. The summed E-state index contributed by atoms with van der Waals surface area (Å²) in [4.78, 5) is 24.9. The predicted molar refractivity (Wildman–Crippen MR) is 130 cm³/mol. The summed E-state index contributed by atoms with van der Waals surface area (Å²) >= 11 is 7.88. The second-order valence-corrected chi connectivity index (χ2v) is 9.66. The second-order valence-electron chi connectivity index (χ2n) is 7.04. The van der Waals surface area contributed by atoms with Crippen LogP contribution in [-0.2, 0) is 11.2 Å². The summed E-state index contributed by atoms with van der Waals surface area (Å²) in [5, 5.41) is 12.1. The number of carboxylic acid groups (broad SMARTS) is 1. The van der Waals surface area contributed by atoms with Crippen molar-refractivity contribution < 1.29 is 23.5 Å². The molecule has 2 N–H and O–H groups in total. The lowest BCUT2D eigenvalue weighted by Crippen LogP contribution is -2.42. The smallest absolute Gasteiger partial charge is 0.335 e. The molecule has 4 rings (SSSR count). The fraction of sp³-hybridized carbons (Fsp3) is 0.0870. The van der Waals surface area contributed by atoms with Gasteiger partial charge in [0.2, 0.25) is 0 Å². The predicted octanol–water partition coefficient (Wildman–Crippen LogP) is 5.34. The van der Waals surface area contributed by atoms with Crippen LogP contribution in [0, 0.1) is 11.6 Å². The van der Waals surface area contributed by atoms with Crippen molar-refractivity contribution in [1.82, 2.24) is 10.4 Å². The monoisotopic (exact) mass is 502 g/mol. The Hall–Kier alpha value is -2.92. The molecule has 168 valence electrons. The average Bonchev–Trinajstić information content (AvgIpc) is 3.36. The third kappa shape index (κ3) is 5.36. The highest BCUT2D eigenvalue weighted by atomic mass is 32.2. The van der Waals surface area contributed by atoms with Crippen LogP contribution < -0.4 is 5.43 Å². The van der Waals surface area contributed by atoms with Crippen LogP contribution in [0.15, 0.2) is 58.8 Å². The lowest BCUT2D eigenvalue weighted by atomic mass is 10.1. The summed E-state index contributed by atoms with van der Waals surface area (Å²) in [6.45, 7) is 0.436. The minimum Gasteiger partial charge on any atom is -0.478 e. The Morgan fingerprint density at radius 2 is 1.85 bits per heavy atom. The van der Waals surface area contributed by atoms with Crippen LogP contribution in [0.5, 0.6) is 0 Å². The number of carbonyl (C=O) groups excluding carboxylic acids is 1. The number of hydrazine groups is 1. The second kappa shape index (κ2) is 9.92. The topological polar surface area (TPSA) is 69.6 Å². The van der Waals surface area contributed by atoms with E-state index in [4.69, 9.17) is 17.3 Å². The molecule has 1 aromatic heterocycles. The summed E-state index contributed by atoms with van der Waals surface area (Å²) in [6, 6.07) is 12.1. The molecule has 0 radical (unpaired) electrons. The number of carboxylic acids is 1. The minimum absolute atomic E-state index is 0.218. The summed E-state index contributed by atoms with van der Waals surface area (Å²) in [5.41, 5.74) is 5.44. The van der Waals surface area contributed by atoms with Crippen LogP contribution in [0.4, 0.5) is 8.78 Å². The highest BCUT2D eigenvalue weighted by molar-refractivity contribution is 8.26. The molecule has 1 aliphatic rings. The molecule has 0 saturated carbocycles. The van der Waals surface area contributed by atoms with Crippen molar-refractivity contribution in [2.75, 3.05) is 6.54 Å². The zero-order valence-electron chi connectivity index (χ0n) is 16.9. The van der Waals surface area contributed by atoms with Crippen LogP contribution in [0.2, 0.25) is 0 Å². The molecule has 0 aliphatic carbocycles. The quantitative estimate of drug-likeness (QED) is 0.336. The van der Waals surface area contributed by atoms with Crippen LogP contribution >= 0.6 is 35.3 Å². The van der Waals surface area contributed by atoms with Gasteiger partial charge in [0.15, 0.2) is 16.0 Å². The first-order valence-electron chi connectivity index (χ1n) is 9.69. The fourth-order valence-corrected chi connectivity index (χ4v) is 5.25. The Balaban J connectivity index is 1.39. The standard InChI is InChI=1S/C23H16F2N2O3S3/c24-18-6-5-15(10-19(18)25)16-9-17(32-12-16)11-20-21(28)27(23(31)33-20)26-8-7-13-1-3-14(4-2-13)22(29)30/h1-6,9-12,26H,7-8H2,(H,29,30). The molecule has 2 heterocycles. The van der Waals surface area contributed by atoms with Gasteiger partial charge in [-0.3, -0.25) is 4.79 Å². The van der Waals surface area contributed by atoms with E-state index < -0.39 is 17.6 Å². The van der Waals surface area contributed by atoms with E-state index in [0.29, 0.717) is 27.8 Å². The molecule has 0 unspecified atom stereocenters. The van der Waals surface area contributed by atoms with E-state index >= 15 is 0 Å². The van der Waals surface area contributed by atoms with Crippen LogP contribution in [-0.4, -0.2) is 32.9 Å². The highest BCUT2D eigenvalue weighted by Crippen LogP contribution is 2.34. The minimum atomic E-state index is -0.980. The molecule has 0 bridgehead atoms. The van der Waals surface area contributed by atoms with Crippen molar-refractivity contribution in [3.8, 4) is 11.1 Å². The van der Waals surface area contributed by atoms with E-state index in [1.54, 1.807) is 24.3 Å². The first kappa shape index (κ1) is 23.2. The summed E-state index contributed by atoms with van der Waals surface area (Å²) in [7, 11) is 0. The summed E-state index contributed by atoms with van der Waals surface area (Å²) < 4.78 is 27.1. The zero-order valence-corrected chi connectivity index (χ0v) is 19.3. The molecule has 0 spiro atoms. The molecule has 1 saturated heterocycles. The van der Waals surface area contributed by atoms with E-state index in [1.165, 1.54) is 46.3 Å². The van der Waals surface area contributed by atoms with Crippen molar-refractivity contribution >= 4 is 57.6 Å². The number of halogens is 2. The van der Waals surface area contributed by atoms with Gasteiger partial charge < -0.3 is 5.11 Å². The van der Waals surface area contributed by atoms with Crippen molar-refractivity contribution in [3.05, 3.63) is 86.5 Å². The Bertz CT molecular complexity index is 1270. The third-order valence-corrected chi connectivity index (χ3v) is 7.01. The third-order valence-electron chi connectivity index (χ3n) is 4.82. The molecule has 3 aromatic rings. The number of nitrogens with one attached hydrogen (secondary N) is 1. The maximum atomic E-state index is 13.5. The van der Waals surface area contributed by atoms with Gasteiger partial charge in [-0.2, -0.15) is 0 Å². The van der Waals surface area contributed by atoms with Crippen LogP contribution in [0.3, 0.4) is 0 Å². The molecule has 1 amide bonds. The number of rotatable bonds is 7. The number of hydrogen-bond donors (Lipinski definition) is 2. The molecular formula is C23H16F2N2O3S3. The number of thioether (sulfide) groups is 1. The van der Waals surface area contributed by atoms with Gasteiger partial charge in [-0.15, -0.1) is 11.3 Å². The fourth-order valence-electron chi connectivity index (χ4n) is 3.11. The first-order chi connectivity index (χ1) is 15.8. The number of aromatic carboxylic acids is 1. The number of thiophene rings is 1. The van der Waals surface area contributed by atoms with Crippen LogP contribution in [0.1, 0.15) is 20.8 Å². The molecule has 33 heavy (non-hydrogen) atoms. The van der Waals surface area contributed by atoms with E-state index in [9.17, 15) is 18.4 Å². The van der Waals surface area contributed by atoms with Gasteiger partial charge in [-0.25, -0.2) is 24.0 Å². The lowest BCUT2D eigenvalue weighted by molar-refractivity contribution is -0.124. The number of carbonyl (C=O) groups is 2. The van der Waals surface area contributed by atoms with Gasteiger partial charge in [0, 0.05) is 11.4 Å². The van der Waals surface area contributed by atoms with Crippen molar-refractivity contribution in [1.29, 1.82) is 0 Å². The van der Waals surface area contributed by atoms with Gasteiger partial charge in [-0.1, -0.05) is 42.2 Å². The maximum Gasteiger partial charge on any atom is 0.335 e. The Labute approximate surface area is 201 Å². The molecule has 1 fully saturated rings. The van der Waals surface area contributed by atoms with Crippen molar-refractivity contribution in [2.24, 2.45) is 0 Å². The Morgan fingerprint density at radius 1 is 1.09 bits per heavy atom. The molecule has 2 aromatic carbocycles. The van der Waals surface area contributed by atoms with Crippen molar-refractivity contribution in [3.63, 3.8) is 0 Å². The summed E-state index contributed by atoms with van der Waals surface area (Å²) in [6.07, 6.45) is 2.30. The number of thiocarbonyl (C=S) groups is 1. The SMILES string of the molecule is O=C(O)c1ccc(CCNN2C(=O)C(=Cc3cc(-c4ccc(F)c(F)c4)cs3)SC2=S)cc1. The van der Waals surface area contributed by atoms with E-state index in [0.717, 1.165) is 28.1 Å². The van der Waals surface area contributed by atoms with E-state index in [1.807, 2.05) is 5.38 Å². The largest absolute Gasteiger partial charge is 0.478 e. The molecular weight excluding hydrogens is 486 g/mol. The van der Waals surface area contributed by atoms with Gasteiger partial charge in [-0.05, 0) is 64.9 Å². The van der Waals surface area contributed by atoms with Gasteiger partial charge in [0.25, 0.3) is 5.91 Å². The number of benzene rings is 2. The van der Waals surface area contributed by atoms with E-state index in [2.05, 4.69) is 5.43 Å². The Kier molecular flexibility index (Phi) is 6.99. The number of amides is 1. The first-order valence-corrected chi connectivity index (χ1v) is 11.8. The van der Waals surface area contributed by atoms with Gasteiger partial charge in [0.05, 0.1) is 10.5 Å². The average molecular weight is 503 g/mol. The highest BCUT2D eigenvalue weighted by Gasteiger charge is 2.32. The van der Waals surface area contributed by atoms with E-state index in [-0.39, 0.29) is 11.5 Å². The molecule has 1 aliphatic heterocycles. The number of nitrogens with zero attached hydrogens (tertiary/aromatic N) is 1. The zero-order chi connectivity index (χ0) is 23.5. The molecule has 10 heteroatoms. The van der Waals surface area contributed by atoms with Crippen LogP contribution in [0.25, 0.3) is 17.2 Å². The van der Waals surface area contributed by atoms with Gasteiger partial charge >= 0.3 is 5.97 Å². The molecule has 5 nitrogen and oxygen atoms in total. The lowest BCUT2D eigenvalue weighted by Gasteiger charge is -2.15.